The third kappa shape index (κ3) is 5.50. The van der Waals surface area contributed by atoms with Crippen molar-refractivity contribution in [2.24, 2.45) is 5.73 Å². The van der Waals surface area contributed by atoms with Crippen LogP contribution in [0.15, 0.2) is 42.9 Å². The van der Waals surface area contributed by atoms with Gasteiger partial charge in [0.05, 0.1) is 19.3 Å². The topological polar surface area (TPSA) is 148 Å². The predicted molar refractivity (Wildman–Crippen MR) is 105 cm³/mol. The van der Waals surface area contributed by atoms with Crippen molar-refractivity contribution in [3.8, 4) is 17.0 Å². The van der Waals surface area contributed by atoms with Crippen LogP contribution in [0.5, 0.6) is 5.88 Å². The Morgan fingerprint density at radius 2 is 2.17 bits per heavy atom. The second kappa shape index (κ2) is 9.13. The molecule has 3 rings (SSSR count). The summed E-state index contributed by atoms with van der Waals surface area (Å²) in [5, 5.41) is 25.8. The highest BCUT2D eigenvalue weighted by Gasteiger charge is 2.13. The van der Waals surface area contributed by atoms with Crippen LogP contribution in [0.3, 0.4) is 0 Å². The average Bonchev–Trinajstić information content (AvgIpc) is 3.14. The lowest BCUT2D eigenvalue weighted by molar-refractivity contribution is -0.126. The molecule has 152 valence electrons. The third-order valence-electron chi connectivity index (χ3n) is 3.96. The zero-order valence-corrected chi connectivity index (χ0v) is 15.8. The van der Waals surface area contributed by atoms with E-state index in [0.717, 1.165) is 22.4 Å². The Morgan fingerprint density at radius 3 is 2.93 bits per heavy atom. The van der Waals surface area contributed by atoms with Gasteiger partial charge in [-0.3, -0.25) is 9.48 Å². The number of aliphatic hydroxyl groups excluding tert-OH is 2. The van der Waals surface area contributed by atoms with Crippen LogP contribution in [0.4, 0.5) is 11.6 Å². The molecule has 2 aromatic heterocycles. The van der Waals surface area contributed by atoms with E-state index in [2.05, 4.69) is 20.4 Å². The normalized spacial score (nSPS) is 11.8. The number of aliphatic hydroxyl groups is 2. The van der Waals surface area contributed by atoms with E-state index in [1.807, 2.05) is 25.1 Å². The van der Waals surface area contributed by atoms with Crippen molar-refractivity contribution >= 4 is 17.5 Å². The Balaban J connectivity index is 1.78. The Bertz CT molecular complexity index is 990. The van der Waals surface area contributed by atoms with Crippen molar-refractivity contribution in [3.05, 3.63) is 48.4 Å². The second-order valence-electron chi connectivity index (χ2n) is 6.37. The molecule has 1 unspecified atom stereocenters. The van der Waals surface area contributed by atoms with Gasteiger partial charge < -0.3 is 26.0 Å². The van der Waals surface area contributed by atoms with Gasteiger partial charge in [0, 0.05) is 29.7 Å². The number of ether oxygens (including phenoxy) is 1. The Hall–Kier alpha value is -3.50. The maximum atomic E-state index is 11.0. The molecule has 0 spiro atoms. The molecule has 1 amide bonds. The van der Waals surface area contributed by atoms with Crippen LogP contribution >= 0.6 is 0 Å². The van der Waals surface area contributed by atoms with Crippen molar-refractivity contribution in [2.45, 2.75) is 19.6 Å². The first-order valence-corrected chi connectivity index (χ1v) is 8.90. The summed E-state index contributed by atoms with van der Waals surface area (Å²) in [6.45, 7) is 2.00. The smallest absolute Gasteiger partial charge is 0.248 e. The Kier molecular flexibility index (Phi) is 6.37. The fourth-order valence-corrected chi connectivity index (χ4v) is 2.66. The summed E-state index contributed by atoms with van der Waals surface area (Å²) < 4.78 is 6.76. The number of carbonyl (C=O) groups is 1. The van der Waals surface area contributed by atoms with E-state index in [-0.39, 0.29) is 19.8 Å². The number of benzene rings is 1. The number of aryl methyl sites for hydroxylation is 1. The number of nitrogens with zero attached hydrogens (tertiary/aromatic N) is 4. The molecular weight excluding hydrogens is 376 g/mol. The number of primary amides is 1. The first-order chi connectivity index (χ1) is 13.9. The molecule has 0 bridgehead atoms. The molecule has 0 aliphatic carbocycles. The summed E-state index contributed by atoms with van der Waals surface area (Å²) in [5.41, 5.74) is 8.55. The lowest BCUT2D eigenvalue weighted by atomic mass is 10.1. The molecule has 0 aliphatic heterocycles. The highest BCUT2D eigenvalue weighted by Crippen LogP contribution is 2.26. The van der Waals surface area contributed by atoms with Gasteiger partial charge in [0.2, 0.25) is 17.7 Å². The first kappa shape index (κ1) is 20.2. The highest BCUT2D eigenvalue weighted by molar-refractivity contribution is 5.78. The van der Waals surface area contributed by atoms with Crippen LogP contribution < -0.4 is 15.8 Å². The summed E-state index contributed by atoms with van der Waals surface area (Å²) in [6, 6.07) is 7.44. The zero-order chi connectivity index (χ0) is 20.8. The maximum absolute atomic E-state index is 11.0. The summed E-state index contributed by atoms with van der Waals surface area (Å²) in [4.78, 5) is 19.4. The quantitative estimate of drug-likeness (QED) is 0.410. The Labute approximate surface area is 167 Å². The molecule has 0 saturated heterocycles. The summed E-state index contributed by atoms with van der Waals surface area (Å²) in [6.07, 6.45) is 3.64. The highest BCUT2D eigenvalue weighted by atomic mass is 16.5. The summed E-state index contributed by atoms with van der Waals surface area (Å²) >= 11 is 0. The fourth-order valence-electron chi connectivity index (χ4n) is 2.66. The average molecular weight is 398 g/mol. The predicted octanol–water partition coefficient (Wildman–Crippen LogP) is 0.609. The SMILES string of the molecule is Cc1cc(Nc2nccc(OCCO)n2)cc(-c2cnn(CC(O)C(N)=O)c2)c1. The van der Waals surface area contributed by atoms with Crippen LogP contribution in [-0.2, 0) is 11.3 Å². The van der Waals surface area contributed by atoms with Gasteiger partial charge in [0.1, 0.15) is 6.61 Å². The van der Waals surface area contributed by atoms with E-state index < -0.39 is 12.0 Å². The fraction of sp³-hybridized carbons (Fsp3) is 0.263. The van der Waals surface area contributed by atoms with Crippen LogP contribution in [0.25, 0.3) is 11.1 Å². The molecule has 5 N–H and O–H groups in total. The molecule has 1 aromatic carbocycles. The van der Waals surface area contributed by atoms with E-state index in [4.69, 9.17) is 15.6 Å². The second-order valence-corrected chi connectivity index (χ2v) is 6.37. The van der Waals surface area contributed by atoms with Crippen molar-refractivity contribution in [1.82, 2.24) is 19.7 Å². The lowest BCUT2D eigenvalue weighted by Crippen LogP contribution is -2.32. The van der Waals surface area contributed by atoms with E-state index >= 15 is 0 Å². The van der Waals surface area contributed by atoms with Crippen molar-refractivity contribution in [1.29, 1.82) is 0 Å². The minimum Gasteiger partial charge on any atom is -0.475 e. The van der Waals surface area contributed by atoms with Gasteiger partial charge in [0.15, 0.2) is 6.10 Å². The van der Waals surface area contributed by atoms with Gasteiger partial charge in [-0.1, -0.05) is 6.07 Å². The molecule has 1 atom stereocenters. The molecule has 2 heterocycles. The van der Waals surface area contributed by atoms with E-state index in [0.29, 0.717) is 11.8 Å². The van der Waals surface area contributed by atoms with Crippen molar-refractivity contribution < 1.29 is 19.7 Å². The van der Waals surface area contributed by atoms with Gasteiger partial charge in [-0.05, 0) is 30.2 Å². The van der Waals surface area contributed by atoms with Crippen LogP contribution in [-0.4, -0.2) is 55.2 Å². The van der Waals surface area contributed by atoms with Crippen LogP contribution in [0.2, 0.25) is 0 Å². The number of amides is 1. The minimum atomic E-state index is -1.30. The molecule has 0 saturated carbocycles. The van der Waals surface area contributed by atoms with Gasteiger partial charge in [0.25, 0.3) is 0 Å². The number of aromatic nitrogens is 4. The third-order valence-corrected chi connectivity index (χ3v) is 3.96. The van der Waals surface area contributed by atoms with Crippen LogP contribution in [0, 0.1) is 6.92 Å². The lowest BCUT2D eigenvalue weighted by Gasteiger charge is -2.10. The summed E-state index contributed by atoms with van der Waals surface area (Å²) in [7, 11) is 0. The molecular formula is C19H22N6O4. The van der Waals surface area contributed by atoms with E-state index in [9.17, 15) is 9.90 Å². The van der Waals surface area contributed by atoms with E-state index in [1.165, 1.54) is 4.68 Å². The number of nitrogens with one attached hydrogen (secondary N) is 1. The largest absolute Gasteiger partial charge is 0.475 e. The van der Waals surface area contributed by atoms with Gasteiger partial charge in [-0.15, -0.1) is 0 Å². The van der Waals surface area contributed by atoms with Crippen molar-refractivity contribution in [2.75, 3.05) is 18.5 Å². The maximum Gasteiger partial charge on any atom is 0.248 e. The standard InChI is InChI=1S/C19H22N6O4/c1-12-6-13(14-9-22-25(10-14)11-16(27)18(20)28)8-15(7-12)23-19-21-3-2-17(24-19)29-5-4-26/h2-3,6-10,16,26-27H,4-5,11H2,1H3,(H2,20,28)(H,21,23,24). The molecule has 3 aromatic rings. The van der Waals surface area contributed by atoms with E-state index in [1.54, 1.807) is 24.7 Å². The van der Waals surface area contributed by atoms with Crippen molar-refractivity contribution in [3.63, 3.8) is 0 Å². The van der Waals surface area contributed by atoms with Gasteiger partial charge in [-0.2, -0.15) is 10.1 Å². The number of hydrogen-bond acceptors (Lipinski definition) is 8. The molecule has 0 radical (unpaired) electrons. The zero-order valence-electron chi connectivity index (χ0n) is 15.8. The number of nitrogens with two attached hydrogens (primary N) is 1. The first-order valence-electron chi connectivity index (χ1n) is 8.90. The van der Waals surface area contributed by atoms with Gasteiger partial charge >= 0.3 is 0 Å². The monoisotopic (exact) mass is 398 g/mol. The molecule has 0 aliphatic rings. The minimum absolute atomic E-state index is 0.0132. The number of hydrogen-bond donors (Lipinski definition) is 4. The van der Waals surface area contributed by atoms with Gasteiger partial charge in [-0.25, -0.2) is 4.98 Å². The summed E-state index contributed by atoms with van der Waals surface area (Å²) in [5.74, 6) is -0.0785. The molecule has 10 nitrogen and oxygen atoms in total. The number of carbonyl (C=O) groups excluding carboxylic acids is 1. The number of anilines is 2. The van der Waals surface area contributed by atoms with Crippen LogP contribution in [0.1, 0.15) is 5.56 Å². The molecule has 10 heteroatoms. The molecule has 0 fully saturated rings. The molecule has 29 heavy (non-hydrogen) atoms. The number of rotatable bonds is 9. The Morgan fingerprint density at radius 1 is 1.34 bits per heavy atom.